The number of halogens is 3. The molecule has 8 heteroatoms. The highest BCUT2D eigenvalue weighted by atomic mass is 35.5. The maximum atomic E-state index is 14.2. The number of aromatic amines is 1. The van der Waals surface area contributed by atoms with Crippen molar-refractivity contribution in [2.45, 2.75) is 6.54 Å². The lowest BCUT2D eigenvalue weighted by atomic mass is 10.2. The molecule has 2 heterocycles. The zero-order chi connectivity index (χ0) is 13.4. The van der Waals surface area contributed by atoms with Crippen molar-refractivity contribution >= 4 is 51.3 Å². The second-order valence-electron chi connectivity index (χ2n) is 3.78. The fourth-order valence-electron chi connectivity index (χ4n) is 1.71. The van der Waals surface area contributed by atoms with E-state index >= 15 is 0 Å². The molecule has 0 unspecified atom stereocenters. The van der Waals surface area contributed by atoms with Crippen molar-refractivity contribution < 1.29 is 4.39 Å². The number of benzene rings is 1. The van der Waals surface area contributed by atoms with Crippen molar-refractivity contribution in [3.63, 3.8) is 0 Å². The van der Waals surface area contributed by atoms with Gasteiger partial charge >= 0.3 is 0 Å². The zero-order valence-corrected chi connectivity index (χ0v) is 11.7. The van der Waals surface area contributed by atoms with Crippen molar-refractivity contribution in [1.82, 2.24) is 15.0 Å². The average Bonchev–Trinajstić information content (AvgIpc) is 2.98. The lowest BCUT2D eigenvalue weighted by molar-refractivity contribution is 0.639. The lowest BCUT2D eigenvalue weighted by Crippen LogP contribution is -2.01. The molecule has 2 N–H and O–H groups in total. The summed E-state index contributed by atoms with van der Waals surface area (Å²) in [5.74, 6) is -0.473. The van der Waals surface area contributed by atoms with Gasteiger partial charge in [-0.1, -0.05) is 23.2 Å². The Balaban J connectivity index is 1.91. The van der Waals surface area contributed by atoms with Gasteiger partial charge in [0.1, 0.15) is 5.52 Å². The van der Waals surface area contributed by atoms with Gasteiger partial charge in [0.25, 0.3) is 0 Å². The van der Waals surface area contributed by atoms with Crippen molar-refractivity contribution in [3.05, 3.63) is 38.8 Å². The highest BCUT2D eigenvalue weighted by Gasteiger charge is 2.14. The van der Waals surface area contributed by atoms with Crippen LogP contribution in [0.3, 0.4) is 0 Å². The first kappa shape index (κ1) is 12.7. The second-order valence-corrected chi connectivity index (χ2v) is 5.88. The third kappa shape index (κ3) is 2.39. The number of fused-ring (bicyclic) bond motifs is 1. The molecule has 1 aromatic carbocycles. The molecule has 3 aromatic rings. The minimum atomic E-state index is -0.473. The van der Waals surface area contributed by atoms with Crippen molar-refractivity contribution in [1.29, 1.82) is 0 Å². The van der Waals surface area contributed by atoms with Gasteiger partial charge in [0.05, 0.1) is 29.1 Å². The number of hydrogen-bond acceptors (Lipinski definition) is 4. The van der Waals surface area contributed by atoms with E-state index in [0.717, 1.165) is 4.88 Å². The number of aromatic nitrogens is 3. The van der Waals surface area contributed by atoms with Gasteiger partial charge in [-0.25, -0.2) is 14.4 Å². The molecule has 4 nitrogen and oxygen atoms in total. The lowest BCUT2D eigenvalue weighted by Gasteiger charge is -2.08. The number of anilines is 1. The summed E-state index contributed by atoms with van der Waals surface area (Å²) in [4.78, 5) is 11.5. The van der Waals surface area contributed by atoms with E-state index in [0.29, 0.717) is 21.6 Å². The van der Waals surface area contributed by atoms with Crippen LogP contribution in [0.5, 0.6) is 0 Å². The quantitative estimate of drug-likeness (QED) is 0.765. The van der Waals surface area contributed by atoms with E-state index in [1.54, 1.807) is 12.3 Å². The summed E-state index contributed by atoms with van der Waals surface area (Å²) in [6.07, 6.45) is 3.07. The number of hydrogen-bond donors (Lipinski definition) is 2. The van der Waals surface area contributed by atoms with Gasteiger partial charge in [-0.3, -0.25) is 0 Å². The highest BCUT2D eigenvalue weighted by molar-refractivity contribution is 7.15. The molecule has 0 radical (unpaired) electrons. The minimum absolute atomic E-state index is 0.228. The molecule has 98 valence electrons. The summed E-state index contributed by atoms with van der Waals surface area (Å²) in [6.45, 7) is 0.400. The summed E-state index contributed by atoms with van der Waals surface area (Å²) in [5, 5.41) is 3.24. The van der Waals surface area contributed by atoms with Crippen LogP contribution in [0.1, 0.15) is 4.88 Å². The van der Waals surface area contributed by atoms with Crippen molar-refractivity contribution in [3.8, 4) is 0 Å². The molecule has 0 aliphatic rings. The van der Waals surface area contributed by atoms with Crippen LogP contribution in [0, 0.1) is 5.82 Å². The molecule has 0 aliphatic heterocycles. The van der Waals surface area contributed by atoms with Crippen LogP contribution >= 0.6 is 34.5 Å². The highest BCUT2D eigenvalue weighted by Crippen LogP contribution is 2.31. The van der Waals surface area contributed by atoms with E-state index in [4.69, 9.17) is 23.2 Å². The standard InChI is InChI=1S/C11H7Cl2FN4S/c12-6-1-7-10(18-4-17-7)8(14)9(6)15-2-5-3-16-11(13)19-5/h1,3-4,15H,2H2,(H,17,18). The molecule has 0 amide bonds. The number of nitrogens with zero attached hydrogens (tertiary/aromatic N) is 2. The van der Waals surface area contributed by atoms with Crippen LogP contribution in [0.25, 0.3) is 11.0 Å². The van der Waals surface area contributed by atoms with E-state index in [1.165, 1.54) is 17.7 Å². The van der Waals surface area contributed by atoms with Gasteiger partial charge in [0.15, 0.2) is 10.3 Å². The van der Waals surface area contributed by atoms with Crippen LogP contribution in [0.2, 0.25) is 9.49 Å². The van der Waals surface area contributed by atoms with E-state index in [1.807, 2.05) is 0 Å². The van der Waals surface area contributed by atoms with E-state index in [-0.39, 0.29) is 11.2 Å². The first-order valence-electron chi connectivity index (χ1n) is 5.30. The summed E-state index contributed by atoms with van der Waals surface area (Å²) in [7, 11) is 0. The molecule has 0 fully saturated rings. The third-order valence-corrected chi connectivity index (χ3v) is 3.98. The maximum absolute atomic E-state index is 14.2. The van der Waals surface area contributed by atoms with Crippen molar-refractivity contribution in [2.24, 2.45) is 0 Å². The number of H-pyrrole nitrogens is 1. The second kappa shape index (κ2) is 4.96. The first-order valence-corrected chi connectivity index (χ1v) is 6.87. The van der Waals surface area contributed by atoms with Crippen molar-refractivity contribution in [2.75, 3.05) is 5.32 Å². The minimum Gasteiger partial charge on any atom is -0.376 e. The summed E-state index contributed by atoms with van der Waals surface area (Å²) >= 11 is 13.1. The predicted molar refractivity (Wildman–Crippen MR) is 75.5 cm³/mol. The topological polar surface area (TPSA) is 53.6 Å². The van der Waals surface area contributed by atoms with Gasteiger partial charge < -0.3 is 10.3 Å². The Morgan fingerprint density at radius 3 is 2.95 bits per heavy atom. The number of imidazole rings is 1. The predicted octanol–water partition coefficient (Wildman–Crippen LogP) is 4.08. The van der Waals surface area contributed by atoms with Crippen LogP contribution in [-0.2, 0) is 6.54 Å². The van der Waals surface area contributed by atoms with Gasteiger partial charge in [0, 0.05) is 11.1 Å². The summed E-state index contributed by atoms with van der Waals surface area (Å²) < 4.78 is 14.7. The fourth-order valence-corrected chi connectivity index (χ4v) is 2.89. The van der Waals surface area contributed by atoms with Gasteiger partial charge in [0.2, 0.25) is 0 Å². The Hall–Kier alpha value is -1.37. The first-order chi connectivity index (χ1) is 9.15. The molecule has 0 spiro atoms. The third-order valence-electron chi connectivity index (χ3n) is 2.57. The van der Waals surface area contributed by atoms with E-state index < -0.39 is 5.82 Å². The number of rotatable bonds is 3. The van der Waals surface area contributed by atoms with E-state index in [2.05, 4.69) is 20.3 Å². The Kier molecular flexibility index (Phi) is 3.30. The normalized spacial score (nSPS) is 11.1. The summed E-state index contributed by atoms with van der Waals surface area (Å²) in [6, 6.07) is 1.63. The zero-order valence-electron chi connectivity index (χ0n) is 9.38. The maximum Gasteiger partial charge on any atom is 0.183 e. The number of nitrogens with one attached hydrogen (secondary N) is 2. The molecule has 0 saturated carbocycles. The van der Waals surface area contributed by atoms with Crippen LogP contribution in [0.4, 0.5) is 10.1 Å². The van der Waals surface area contributed by atoms with Crippen LogP contribution in [0.15, 0.2) is 18.6 Å². The molecular weight excluding hydrogens is 310 g/mol. The molecule has 0 bridgehead atoms. The molecule has 0 aliphatic carbocycles. The molecule has 0 atom stereocenters. The molecular formula is C11H7Cl2FN4S. The number of thiazole rings is 1. The molecule has 3 rings (SSSR count). The Morgan fingerprint density at radius 1 is 1.37 bits per heavy atom. The van der Waals surface area contributed by atoms with Crippen LogP contribution < -0.4 is 5.32 Å². The molecule has 0 saturated heterocycles. The Labute approximate surface area is 121 Å². The largest absolute Gasteiger partial charge is 0.376 e. The monoisotopic (exact) mass is 316 g/mol. The van der Waals surface area contributed by atoms with Gasteiger partial charge in [-0.05, 0) is 6.07 Å². The van der Waals surface area contributed by atoms with Crippen LogP contribution in [-0.4, -0.2) is 15.0 Å². The van der Waals surface area contributed by atoms with Gasteiger partial charge in [-0.2, -0.15) is 0 Å². The molecule has 19 heavy (non-hydrogen) atoms. The van der Waals surface area contributed by atoms with Gasteiger partial charge in [-0.15, -0.1) is 11.3 Å². The fraction of sp³-hybridized carbons (Fsp3) is 0.0909. The summed E-state index contributed by atoms with van der Waals surface area (Å²) in [5.41, 5.74) is 1.05. The smallest absolute Gasteiger partial charge is 0.183 e. The average molecular weight is 317 g/mol. The SMILES string of the molecule is Fc1c(NCc2cnc(Cl)s2)c(Cl)cc2[nH]cnc12. The Bertz CT molecular complexity index is 739. The van der Waals surface area contributed by atoms with E-state index in [9.17, 15) is 4.39 Å². The molecule has 2 aromatic heterocycles. The Morgan fingerprint density at radius 2 is 2.21 bits per heavy atom.